The molecule has 3 aliphatic rings. The average Bonchev–Trinajstić information content (AvgIpc) is 3.25. The van der Waals surface area contributed by atoms with E-state index < -0.39 is 8.24 Å². The van der Waals surface area contributed by atoms with Crippen molar-refractivity contribution in [2.45, 2.75) is 31.5 Å². The normalized spacial score (nSPS) is 27.0. The van der Waals surface area contributed by atoms with E-state index in [0.717, 1.165) is 18.6 Å². The fourth-order valence-corrected chi connectivity index (χ4v) is 10.2. The van der Waals surface area contributed by atoms with Gasteiger partial charge in [0.05, 0.1) is 0 Å². The number of benzene rings is 2. The first-order valence-electron chi connectivity index (χ1n) is 11.6. The topological polar surface area (TPSA) is 15.3 Å². The summed E-state index contributed by atoms with van der Waals surface area (Å²) < 4.78 is 2.87. The molecule has 0 radical (unpaired) electrons. The fourth-order valence-electron chi connectivity index (χ4n) is 6.19. The van der Waals surface area contributed by atoms with Gasteiger partial charge in [0.2, 0.25) is 0 Å². The van der Waals surface area contributed by atoms with Crippen molar-refractivity contribution in [1.82, 2.24) is 9.88 Å². The molecule has 0 amide bonds. The lowest BCUT2D eigenvalue weighted by Gasteiger charge is -2.45. The van der Waals surface area contributed by atoms with Gasteiger partial charge in [-0.2, -0.15) is 0 Å². The molecule has 1 saturated carbocycles. The maximum Gasteiger partial charge on any atom is 0.126 e. The standard InChI is InChI=1S/C27H34N2Si/c1-30(2,29-18-16-28-17-19-29)27-15-14-25-24(12-7-13-26(25)27)23-11-6-10-22(20-23)21-8-4-3-5-9-21/h3-13,20,25-28H,14-19H2,1-2H3. The summed E-state index contributed by atoms with van der Waals surface area (Å²) in [5.74, 6) is 1.39. The summed E-state index contributed by atoms with van der Waals surface area (Å²) in [6.45, 7) is 10.0. The van der Waals surface area contributed by atoms with Gasteiger partial charge in [-0.25, -0.2) is 0 Å². The maximum absolute atomic E-state index is 3.54. The van der Waals surface area contributed by atoms with Crippen LogP contribution in [0, 0.1) is 11.8 Å². The molecule has 2 aromatic rings. The van der Waals surface area contributed by atoms with Crippen LogP contribution in [0.5, 0.6) is 0 Å². The molecule has 1 N–H and O–H groups in total. The van der Waals surface area contributed by atoms with Crippen LogP contribution in [0.1, 0.15) is 18.4 Å². The number of rotatable bonds is 4. The Kier molecular flexibility index (Phi) is 5.53. The Bertz CT molecular complexity index is 940. The summed E-state index contributed by atoms with van der Waals surface area (Å²) in [5.41, 5.74) is 6.47. The first-order chi connectivity index (χ1) is 14.6. The van der Waals surface area contributed by atoms with E-state index in [1.54, 1.807) is 5.57 Å². The molecule has 3 unspecified atom stereocenters. The Morgan fingerprint density at radius 1 is 0.867 bits per heavy atom. The van der Waals surface area contributed by atoms with Gasteiger partial charge in [-0.15, -0.1) is 0 Å². The Balaban J connectivity index is 1.41. The van der Waals surface area contributed by atoms with Crippen LogP contribution in [0.15, 0.2) is 72.8 Å². The Hall–Kier alpha value is -1.94. The minimum Gasteiger partial charge on any atom is -0.321 e. The van der Waals surface area contributed by atoms with Crippen LogP contribution in [-0.4, -0.2) is 39.0 Å². The fraction of sp³-hybridized carbons (Fsp3) is 0.407. The second-order valence-corrected chi connectivity index (χ2v) is 14.4. The Labute approximate surface area is 182 Å². The molecule has 156 valence electrons. The van der Waals surface area contributed by atoms with Crippen molar-refractivity contribution in [3.8, 4) is 11.1 Å². The molecule has 0 spiro atoms. The van der Waals surface area contributed by atoms with Crippen LogP contribution < -0.4 is 5.32 Å². The molecule has 5 rings (SSSR count). The zero-order valence-corrected chi connectivity index (χ0v) is 19.4. The molecule has 0 aromatic heterocycles. The van der Waals surface area contributed by atoms with Gasteiger partial charge < -0.3 is 9.88 Å². The van der Waals surface area contributed by atoms with Crippen molar-refractivity contribution < 1.29 is 0 Å². The van der Waals surface area contributed by atoms with Crippen LogP contribution in [0.3, 0.4) is 0 Å². The minimum atomic E-state index is -1.46. The summed E-state index contributed by atoms with van der Waals surface area (Å²) in [5, 5.41) is 3.54. The zero-order chi connectivity index (χ0) is 20.6. The minimum absolute atomic E-state index is 0.681. The molecular formula is C27H34N2Si. The van der Waals surface area contributed by atoms with Crippen molar-refractivity contribution in [2.24, 2.45) is 11.8 Å². The van der Waals surface area contributed by atoms with E-state index in [4.69, 9.17) is 0 Å². The van der Waals surface area contributed by atoms with Gasteiger partial charge in [0.25, 0.3) is 0 Å². The van der Waals surface area contributed by atoms with Gasteiger partial charge >= 0.3 is 0 Å². The molecule has 30 heavy (non-hydrogen) atoms. The van der Waals surface area contributed by atoms with Crippen molar-refractivity contribution in [1.29, 1.82) is 0 Å². The summed E-state index contributed by atoms with van der Waals surface area (Å²) in [7, 11) is -1.46. The van der Waals surface area contributed by atoms with Crippen LogP contribution in [0.25, 0.3) is 16.7 Å². The van der Waals surface area contributed by atoms with Gasteiger partial charge in [0.15, 0.2) is 0 Å². The van der Waals surface area contributed by atoms with Crippen molar-refractivity contribution in [3.05, 3.63) is 78.4 Å². The first-order valence-corrected chi connectivity index (χ1v) is 14.7. The van der Waals surface area contributed by atoms with Gasteiger partial charge in [-0.3, -0.25) is 0 Å². The number of hydrogen-bond donors (Lipinski definition) is 1. The second kappa shape index (κ2) is 8.30. The van der Waals surface area contributed by atoms with Gasteiger partial charge in [-0.1, -0.05) is 86.3 Å². The lowest BCUT2D eigenvalue weighted by atomic mass is 9.81. The molecule has 3 atom stereocenters. The third-order valence-corrected chi connectivity index (χ3v) is 12.4. The highest BCUT2D eigenvalue weighted by Crippen LogP contribution is 2.54. The summed E-state index contributed by atoms with van der Waals surface area (Å²) >= 11 is 0. The Morgan fingerprint density at radius 3 is 2.40 bits per heavy atom. The second-order valence-electron chi connectivity index (χ2n) is 9.71. The number of hydrogen-bond acceptors (Lipinski definition) is 2. The summed E-state index contributed by atoms with van der Waals surface area (Å²) in [6, 6.07) is 20.0. The van der Waals surface area contributed by atoms with Crippen LogP contribution in [-0.2, 0) is 0 Å². The number of nitrogens with one attached hydrogen (secondary N) is 1. The van der Waals surface area contributed by atoms with Crippen molar-refractivity contribution in [3.63, 3.8) is 0 Å². The lowest BCUT2D eigenvalue weighted by Crippen LogP contribution is -2.59. The number of allylic oxidation sites excluding steroid dienone is 4. The number of nitrogens with zero attached hydrogens (tertiary/aromatic N) is 1. The zero-order valence-electron chi connectivity index (χ0n) is 18.4. The lowest BCUT2D eigenvalue weighted by molar-refractivity contribution is 0.347. The predicted octanol–water partition coefficient (Wildman–Crippen LogP) is 5.81. The van der Waals surface area contributed by atoms with E-state index in [2.05, 4.69) is 95.8 Å². The van der Waals surface area contributed by atoms with E-state index in [0.29, 0.717) is 11.8 Å². The van der Waals surface area contributed by atoms with E-state index >= 15 is 0 Å². The third kappa shape index (κ3) is 3.64. The monoisotopic (exact) mass is 414 g/mol. The van der Waals surface area contributed by atoms with E-state index in [1.807, 2.05) is 0 Å². The summed E-state index contributed by atoms with van der Waals surface area (Å²) in [6.07, 6.45) is 10.0. The highest BCUT2D eigenvalue weighted by atomic mass is 28.3. The Morgan fingerprint density at radius 2 is 1.60 bits per heavy atom. The summed E-state index contributed by atoms with van der Waals surface area (Å²) in [4.78, 5) is 0. The highest BCUT2D eigenvalue weighted by molar-refractivity contribution is 6.76. The molecule has 2 nitrogen and oxygen atoms in total. The van der Waals surface area contributed by atoms with E-state index in [-0.39, 0.29) is 0 Å². The predicted molar refractivity (Wildman–Crippen MR) is 131 cm³/mol. The maximum atomic E-state index is 3.54. The molecule has 2 aliphatic carbocycles. The quantitative estimate of drug-likeness (QED) is 0.635. The molecule has 3 heteroatoms. The van der Waals surface area contributed by atoms with E-state index in [9.17, 15) is 0 Å². The highest BCUT2D eigenvalue weighted by Gasteiger charge is 2.48. The molecule has 2 fully saturated rings. The van der Waals surface area contributed by atoms with Gasteiger partial charge in [0, 0.05) is 26.2 Å². The van der Waals surface area contributed by atoms with Crippen molar-refractivity contribution >= 4 is 13.8 Å². The van der Waals surface area contributed by atoms with Crippen LogP contribution in [0.4, 0.5) is 0 Å². The first kappa shape index (κ1) is 20.0. The average molecular weight is 415 g/mol. The van der Waals surface area contributed by atoms with Crippen LogP contribution in [0.2, 0.25) is 18.6 Å². The molecular weight excluding hydrogens is 380 g/mol. The van der Waals surface area contributed by atoms with Crippen molar-refractivity contribution in [2.75, 3.05) is 26.2 Å². The van der Waals surface area contributed by atoms with Crippen LogP contribution >= 0.6 is 0 Å². The van der Waals surface area contributed by atoms with Gasteiger partial charge in [0.1, 0.15) is 8.24 Å². The SMILES string of the molecule is C[Si](C)(C1CCC2C(c3cccc(-c4ccccc4)c3)=CC=CC21)N1CCNCC1. The largest absolute Gasteiger partial charge is 0.321 e. The smallest absolute Gasteiger partial charge is 0.126 e. The molecule has 1 saturated heterocycles. The van der Waals surface area contributed by atoms with Gasteiger partial charge in [-0.05, 0) is 52.1 Å². The molecule has 2 aromatic carbocycles. The molecule has 1 heterocycles. The molecule has 0 bridgehead atoms. The number of piperazine rings is 1. The van der Waals surface area contributed by atoms with E-state index in [1.165, 1.54) is 42.6 Å². The number of fused-ring (bicyclic) bond motifs is 1. The third-order valence-electron chi connectivity index (χ3n) is 7.87. The molecule has 1 aliphatic heterocycles.